The number of aromatic nitrogens is 1. The monoisotopic (exact) mass is 509 g/mol. The number of ether oxygens (including phenoxy) is 1. The topological polar surface area (TPSA) is 159 Å². The standard InChI is InChI=1S/C24H23N5O6S/c30-21-11-8-18(13-20(21)24(32)35-15-23(31)26-14-16-4-5-16)28-27-17-6-9-19(10-7-17)36(33,34)29-22-3-1-2-12-25-22/h1-3,6-13,16,30H,4-5,14-15H2,(H,25,29)(H,26,31). The van der Waals surface area contributed by atoms with Crippen LogP contribution in [0.15, 0.2) is 82.0 Å². The van der Waals surface area contributed by atoms with Crippen LogP contribution < -0.4 is 10.0 Å². The summed E-state index contributed by atoms with van der Waals surface area (Å²) < 4.78 is 32.3. The van der Waals surface area contributed by atoms with Crippen LogP contribution in [0.25, 0.3) is 0 Å². The number of pyridine rings is 1. The molecule has 12 heteroatoms. The van der Waals surface area contributed by atoms with Gasteiger partial charge in [0, 0.05) is 12.7 Å². The number of carbonyl (C=O) groups excluding carboxylic acids is 2. The van der Waals surface area contributed by atoms with E-state index in [9.17, 15) is 23.1 Å². The number of esters is 1. The van der Waals surface area contributed by atoms with Gasteiger partial charge in [-0.1, -0.05) is 6.07 Å². The molecule has 36 heavy (non-hydrogen) atoms. The third kappa shape index (κ3) is 6.85. The summed E-state index contributed by atoms with van der Waals surface area (Å²) in [6, 6.07) is 14.5. The second-order valence-corrected chi connectivity index (χ2v) is 9.72. The second kappa shape index (κ2) is 11.0. The maximum atomic E-state index is 12.5. The van der Waals surface area contributed by atoms with E-state index in [0.717, 1.165) is 12.8 Å². The number of carbonyl (C=O) groups is 2. The van der Waals surface area contributed by atoms with Crippen LogP contribution in [0.2, 0.25) is 0 Å². The number of rotatable bonds is 10. The van der Waals surface area contributed by atoms with Crippen LogP contribution in [-0.4, -0.2) is 43.5 Å². The van der Waals surface area contributed by atoms with Crippen molar-refractivity contribution in [3.8, 4) is 5.75 Å². The highest BCUT2D eigenvalue weighted by Crippen LogP contribution is 2.28. The predicted octanol–water partition coefficient (Wildman–Crippen LogP) is 3.69. The highest BCUT2D eigenvalue weighted by Gasteiger charge is 2.22. The Morgan fingerprint density at radius 2 is 1.75 bits per heavy atom. The summed E-state index contributed by atoms with van der Waals surface area (Å²) in [4.78, 5) is 28.0. The van der Waals surface area contributed by atoms with Crippen molar-refractivity contribution in [1.29, 1.82) is 0 Å². The first kappa shape index (κ1) is 24.8. The van der Waals surface area contributed by atoms with Crippen LogP contribution in [0.1, 0.15) is 23.2 Å². The number of aromatic hydroxyl groups is 1. The van der Waals surface area contributed by atoms with Crippen molar-refractivity contribution >= 4 is 39.1 Å². The molecular weight excluding hydrogens is 486 g/mol. The maximum absolute atomic E-state index is 12.5. The lowest BCUT2D eigenvalue weighted by molar-refractivity contribution is -0.124. The van der Waals surface area contributed by atoms with E-state index < -0.39 is 28.5 Å². The molecule has 11 nitrogen and oxygen atoms in total. The molecule has 2 aromatic carbocycles. The van der Waals surface area contributed by atoms with Crippen molar-refractivity contribution in [1.82, 2.24) is 10.3 Å². The highest BCUT2D eigenvalue weighted by molar-refractivity contribution is 7.92. The minimum Gasteiger partial charge on any atom is -0.507 e. The van der Waals surface area contributed by atoms with Gasteiger partial charge in [-0.25, -0.2) is 18.2 Å². The van der Waals surface area contributed by atoms with E-state index in [0.29, 0.717) is 18.2 Å². The number of phenolic OH excluding ortho intramolecular Hbond substituents is 1. The first-order valence-corrected chi connectivity index (χ1v) is 12.5. The quantitative estimate of drug-likeness (QED) is 0.278. The van der Waals surface area contributed by atoms with Crippen LogP contribution in [0.5, 0.6) is 5.75 Å². The number of nitrogens with zero attached hydrogens (tertiary/aromatic N) is 3. The smallest absolute Gasteiger partial charge is 0.342 e. The minimum absolute atomic E-state index is 0.0166. The summed E-state index contributed by atoms with van der Waals surface area (Å²) in [5.41, 5.74) is 0.436. The van der Waals surface area contributed by atoms with E-state index in [1.165, 1.54) is 54.7 Å². The predicted molar refractivity (Wildman–Crippen MR) is 130 cm³/mol. The Hall–Kier alpha value is -4.32. The molecule has 0 saturated heterocycles. The number of hydrogen-bond acceptors (Lipinski definition) is 9. The van der Waals surface area contributed by atoms with Crippen LogP contribution in [0.4, 0.5) is 17.2 Å². The summed E-state index contributed by atoms with van der Waals surface area (Å²) in [6.07, 6.45) is 3.64. The fourth-order valence-corrected chi connectivity index (χ4v) is 4.03. The van der Waals surface area contributed by atoms with Gasteiger partial charge in [0.15, 0.2) is 6.61 Å². The molecule has 1 aliphatic carbocycles. The molecule has 0 aliphatic heterocycles. The number of benzene rings is 2. The molecule has 1 saturated carbocycles. The highest BCUT2D eigenvalue weighted by atomic mass is 32.2. The number of phenols is 1. The third-order valence-corrected chi connectivity index (χ3v) is 6.52. The molecule has 1 amide bonds. The minimum atomic E-state index is -3.83. The summed E-state index contributed by atoms with van der Waals surface area (Å²) in [7, 11) is -3.83. The van der Waals surface area contributed by atoms with E-state index in [1.807, 2.05) is 0 Å². The lowest BCUT2D eigenvalue weighted by atomic mass is 10.2. The maximum Gasteiger partial charge on any atom is 0.342 e. The van der Waals surface area contributed by atoms with Gasteiger partial charge in [0.05, 0.1) is 16.3 Å². The van der Waals surface area contributed by atoms with Gasteiger partial charge in [-0.15, -0.1) is 0 Å². The molecule has 3 aromatic rings. The van der Waals surface area contributed by atoms with Crippen LogP contribution in [-0.2, 0) is 19.6 Å². The number of anilines is 1. The van der Waals surface area contributed by atoms with E-state index >= 15 is 0 Å². The Morgan fingerprint density at radius 1 is 1.03 bits per heavy atom. The zero-order chi connectivity index (χ0) is 25.5. The SMILES string of the molecule is O=C(COC(=O)c1cc(N=Nc2ccc(S(=O)(=O)Nc3ccccn3)cc2)ccc1O)NCC1CC1. The van der Waals surface area contributed by atoms with Gasteiger partial charge in [-0.3, -0.25) is 9.52 Å². The first-order chi connectivity index (χ1) is 17.3. The van der Waals surface area contributed by atoms with Gasteiger partial charge in [0.2, 0.25) is 0 Å². The lowest BCUT2D eigenvalue weighted by Gasteiger charge is -2.08. The summed E-state index contributed by atoms with van der Waals surface area (Å²) >= 11 is 0. The number of sulfonamides is 1. The molecule has 0 spiro atoms. The normalized spacial score (nSPS) is 13.3. The van der Waals surface area contributed by atoms with Gasteiger partial charge < -0.3 is 15.2 Å². The molecule has 1 heterocycles. The van der Waals surface area contributed by atoms with E-state index in [-0.39, 0.29) is 27.7 Å². The second-order valence-electron chi connectivity index (χ2n) is 8.04. The largest absolute Gasteiger partial charge is 0.507 e. The third-order valence-electron chi connectivity index (χ3n) is 5.15. The Labute approximate surface area is 207 Å². The average molecular weight is 510 g/mol. The molecule has 4 rings (SSSR count). The van der Waals surface area contributed by atoms with Crippen molar-refractivity contribution < 1.29 is 27.9 Å². The Morgan fingerprint density at radius 3 is 2.44 bits per heavy atom. The lowest BCUT2D eigenvalue weighted by Crippen LogP contribution is -2.30. The Bertz CT molecular complexity index is 1370. The van der Waals surface area contributed by atoms with E-state index in [2.05, 4.69) is 25.3 Å². The van der Waals surface area contributed by atoms with Crippen molar-refractivity contribution in [2.75, 3.05) is 17.9 Å². The molecule has 1 fully saturated rings. The fraction of sp³-hybridized carbons (Fsp3) is 0.208. The molecule has 0 radical (unpaired) electrons. The molecule has 1 aliphatic rings. The summed E-state index contributed by atoms with van der Waals surface area (Å²) in [6.45, 7) is 0.104. The molecule has 3 N–H and O–H groups in total. The molecule has 0 atom stereocenters. The van der Waals surface area contributed by atoms with E-state index in [1.54, 1.807) is 12.1 Å². The Balaban J connectivity index is 1.37. The van der Waals surface area contributed by atoms with Gasteiger partial charge in [0.25, 0.3) is 15.9 Å². The van der Waals surface area contributed by atoms with E-state index in [4.69, 9.17) is 4.74 Å². The molecule has 0 bridgehead atoms. The zero-order valence-corrected chi connectivity index (χ0v) is 19.8. The Kier molecular flexibility index (Phi) is 7.54. The van der Waals surface area contributed by atoms with Gasteiger partial charge in [0.1, 0.15) is 17.1 Å². The summed E-state index contributed by atoms with van der Waals surface area (Å²) in [5.74, 6) is -0.916. The number of azo groups is 1. The number of nitrogens with one attached hydrogen (secondary N) is 2. The first-order valence-electron chi connectivity index (χ1n) is 11.0. The fourth-order valence-electron chi connectivity index (χ4n) is 3.02. The zero-order valence-electron chi connectivity index (χ0n) is 19.0. The van der Waals surface area contributed by atoms with Crippen LogP contribution in [0, 0.1) is 5.92 Å². The van der Waals surface area contributed by atoms with Crippen molar-refractivity contribution in [3.05, 3.63) is 72.4 Å². The van der Waals surface area contributed by atoms with Gasteiger partial charge >= 0.3 is 5.97 Å². The molecule has 186 valence electrons. The van der Waals surface area contributed by atoms with Gasteiger partial charge in [-0.2, -0.15) is 10.2 Å². The molecule has 0 unspecified atom stereocenters. The van der Waals surface area contributed by atoms with Crippen molar-refractivity contribution in [2.24, 2.45) is 16.1 Å². The summed E-state index contributed by atoms with van der Waals surface area (Å²) in [5, 5.41) is 20.8. The average Bonchev–Trinajstić information content (AvgIpc) is 3.71. The number of amides is 1. The van der Waals surface area contributed by atoms with Crippen molar-refractivity contribution in [2.45, 2.75) is 17.7 Å². The van der Waals surface area contributed by atoms with Gasteiger partial charge in [-0.05, 0) is 73.4 Å². The molecular formula is C24H23N5O6S. The number of hydrogen-bond donors (Lipinski definition) is 3. The van der Waals surface area contributed by atoms with Crippen molar-refractivity contribution in [3.63, 3.8) is 0 Å². The van der Waals surface area contributed by atoms with Crippen LogP contribution >= 0.6 is 0 Å². The van der Waals surface area contributed by atoms with Crippen LogP contribution in [0.3, 0.4) is 0 Å². The molecule has 1 aromatic heterocycles.